The Balaban J connectivity index is 2.11. The van der Waals surface area contributed by atoms with Gasteiger partial charge in [0.15, 0.2) is 0 Å². The van der Waals surface area contributed by atoms with Crippen LogP contribution in [0, 0.1) is 0 Å². The molecule has 0 radical (unpaired) electrons. The van der Waals surface area contributed by atoms with Crippen molar-refractivity contribution in [2.24, 2.45) is 0 Å². The zero-order chi connectivity index (χ0) is 10.5. The Morgan fingerprint density at radius 1 is 0.667 bits per heavy atom. The van der Waals surface area contributed by atoms with Crippen molar-refractivity contribution in [1.82, 2.24) is 0 Å². The summed E-state index contributed by atoms with van der Waals surface area (Å²) >= 11 is 0. The van der Waals surface area contributed by atoms with Gasteiger partial charge >= 0.3 is 0 Å². The van der Waals surface area contributed by atoms with Gasteiger partial charge in [-0.3, -0.25) is 0 Å². The summed E-state index contributed by atoms with van der Waals surface area (Å²) in [6.45, 7) is 0. The molecule has 0 amide bonds. The van der Waals surface area contributed by atoms with E-state index in [1.807, 2.05) is 42.5 Å². The lowest BCUT2D eigenvalue weighted by Gasteiger charge is -2.06. The highest BCUT2D eigenvalue weighted by Gasteiger charge is 1.94. The maximum atomic E-state index is 12.0. The van der Waals surface area contributed by atoms with Crippen LogP contribution in [0.25, 0.3) is 0 Å². The van der Waals surface area contributed by atoms with Crippen LogP contribution in [0.3, 0.4) is 0 Å². The number of halogens is 1. The van der Waals surface area contributed by atoms with Crippen molar-refractivity contribution in [3.63, 3.8) is 0 Å². The van der Waals surface area contributed by atoms with Crippen molar-refractivity contribution >= 4 is 17.1 Å². The first-order valence-electron chi connectivity index (χ1n) is 4.67. The maximum Gasteiger partial charge on any atom is 0.0657 e. The molecule has 0 spiro atoms. The first kappa shape index (κ1) is 9.52. The minimum absolute atomic E-state index is 0.452. The van der Waals surface area contributed by atoms with Gasteiger partial charge in [0.25, 0.3) is 0 Å². The molecule has 15 heavy (non-hydrogen) atoms. The van der Waals surface area contributed by atoms with E-state index in [-0.39, 0.29) is 0 Å². The van der Waals surface area contributed by atoms with Gasteiger partial charge in [0.2, 0.25) is 0 Å². The average molecular weight is 202 g/mol. The van der Waals surface area contributed by atoms with Crippen LogP contribution in [-0.2, 0) is 0 Å². The van der Waals surface area contributed by atoms with Crippen LogP contribution >= 0.6 is 0 Å². The molecule has 0 bridgehead atoms. The Kier molecular flexibility index (Phi) is 2.83. The average Bonchev–Trinajstić information content (AvgIpc) is 2.31. The van der Waals surface area contributed by atoms with Crippen LogP contribution < -0.4 is 10.9 Å². The lowest BCUT2D eigenvalue weighted by molar-refractivity contribution is 0.618. The first-order valence-corrected chi connectivity index (χ1v) is 4.67. The summed E-state index contributed by atoms with van der Waals surface area (Å²) < 4.78 is 12.0. The Morgan fingerprint density at radius 3 is 1.80 bits per heavy atom. The summed E-state index contributed by atoms with van der Waals surface area (Å²) in [5.41, 5.74) is 3.99. The summed E-state index contributed by atoms with van der Waals surface area (Å²) in [4.78, 5) is 0. The lowest BCUT2D eigenvalue weighted by atomic mass is 10.2. The third-order valence-corrected chi connectivity index (χ3v) is 2.06. The number of anilines is 3. The zero-order valence-corrected chi connectivity index (χ0v) is 8.07. The molecule has 0 aliphatic carbocycles. The highest BCUT2D eigenvalue weighted by molar-refractivity contribution is 5.61. The van der Waals surface area contributed by atoms with Gasteiger partial charge in [-0.25, -0.2) is 5.54 Å². The first-order chi connectivity index (χ1) is 7.38. The van der Waals surface area contributed by atoms with Crippen LogP contribution in [0.5, 0.6) is 0 Å². The summed E-state index contributed by atoms with van der Waals surface area (Å²) in [6, 6.07) is 16.8. The van der Waals surface area contributed by atoms with Gasteiger partial charge < -0.3 is 5.32 Å². The Hall–Kier alpha value is -2.03. The van der Waals surface area contributed by atoms with Crippen molar-refractivity contribution in [3.05, 3.63) is 54.6 Å². The molecule has 0 heterocycles. The molecule has 2 nitrogen and oxygen atoms in total. The van der Waals surface area contributed by atoms with E-state index in [0.29, 0.717) is 5.69 Å². The fraction of sp³-hybridized carbons (Fsp3) is 0. The van der Waals surface area contributed by atoms with E-state index in [4.69, 9.17) is 0 Å². The van der Waals surface area contributed by atoms with Gasteiger partial charge in [-0.2, -0.15) is 0 Å². The summed E-state index contributed by atoms with van der Waals surface area (Å²) in [7, 11) is 0. The van der Waals surface area contributed by atoms with Crippen LogP contribution in [-0.4, -0.2) is 0 Å². The number of benzene rings is 2. The molecule has 0 aliphatic rings. The van der Waals surface area contributed by atoms with E-state index in [9.17, 15) is 4.48 Å². The molecule has 0 saturated heterocycles. The normalized spacial score (nSPS) is 9.67. The topological polar surface area (TPSA) is 24.1 Å². The molecule has 3 heteroatoms. The minimum atomic E-state index is 0.452. The molecule has 0 aromatic heterocycles. The Bertz CT molecular complexity index is 411. The molecule has 2 aromatic carbocycles. The second-order valence-corrected chi connectivity index (χ2v) is 3.16. The molecule has 2 N–H and O–H groups in total. The highest BCUT2D eigenvalue weighted by Crippen LogP contribution is 2.18. The van der Waals surface area contributed by atoms with Crippen LogP contribution in [0.4, 0.5) is 21.5 Å². The Morgan fingerprint density at radius 2 is 1.20 bits per heavy atom. The van der Waals surface area contributed by atoms with Crippen molar-refractivity contribution in [3.8, 4) is 0 Å². The van der Waals surface area contributed by atoms with E-state index < -0.39 is 0 Å². The Labute approximate surface area is 87.7 Å². The van der Waals surface area contributed by atoms with E-state index in [1.165, 1.54) is 0 Å². The molecule has 2 aromatic rings. The van der Waals surface area contributed by atoms with Crippen molar-refractivity contribution in [1.29, 1.82) is 0 Å². The number of para-hydroxylation sites is 1. The summed E-state index contributed by atoms with van der Waals surface area (Å²) in [5, 5.41) is 3.20. The minimum Gasteiger partial charge on any atom is -0.356 e. The fourth-order valence-corrected chi connectivity index (χ4v) is 1.30. The SMILES string of the molecule is FNc1ccc(Nc2ccccc2)cc1. The largest absolute Gasteiger partial charge is 0.356 e. The van der Waals surface area contributed by atoms with Crippen LogP contribution in [0.1, 0.15) is 0 Å². The molecule has 2 rings (SSSR count). The fourth-order valence-electron chi connectivity index (χ4n) is 1.30. The van der Waals surface area contributed by atoms with E-state index in [1.54, 1.807) is 17.7 Å². The molecule has 0 fully saturated rings. The molecular formula is C12H11FN2. The number of hydrogen-bond acceptors (Lipinski definition) is 2. The molecule has 76 valence electrons. The van der Waals surface area contributed by atoms with E-state index >= 15 is 0 Å². The second-order valence-electron chi connectivity index (χ2n) is 3.16. The molecule has 0 unspecified atom stereocenters. The van der Waals surface area contributed by atoms with Crippen LogP contribution in [0.15, 0.2) is 54.6 Å². The predicted octanol–water partition coefficient (Wildman–Crippen LogP) is 3.73. The van der Waals surface area contributed by atoms with Gasteiger partial charge in [-0.15, -0.1) is 4.48 Å². The van der Waals surface area contributed by atoms with Crippen LogP contribution in [0.2, 0.25) is 0 Å². The lowest BCUT2D eigenvalue weighted by Crippen LogP contribution is -1.89. The monoisotopic (exact) mass is 202 g/mol. The third-order valence-electron chi connectivity index (χ3n) is 2.06. The predicted molar refractivity (Wildman–Crippen MR) is 60.9 cm³/mol. The van der Waals surface area contributed by atoms with Gasteiger partial charge in [0.1, 0.15) is 0 Å². The van der Waals surface area contributed by atoms with Gasteiger partial charge in [0, 0.05) is 11.4 Å². The maximum absolute atomic E-state index is 12.0. The van der Waals surface area contributed by atoms with Crippen molar-refractivity contribution in [2.45, 2.75) is 0 Å². The van der Waals surface area contributed by atoms with Gasteiger partial charge in [0.05, 0.1) is 5.69 Å². The molecule has 0 aliphatic heterocycles. The highest BCUT2D eigenvalue weighted by atomic mass is 19.2. The molecular weight excluding hydrogens is 191 g/mol. The van der Waals surface area contributed by atoms with E-state index in [0.717, 1.165) is 11.4 Å². The zero-order valence-electron chi connectivity index (χ0n) is 8.07. The van der Waals surface area contributed by atoms with Gasteiger partial charge in [-0.05, 0) is 36.4 Å². The quantitative estimate of drug-likeness (QED) is 0.741. The third kappa shape index (κ3) is 2.47. The standard InChI is InChI=1S/C12H11FN2/c13-15-12-8-6-11(7-9-12)14-10-4-2-1-3-5-10/h1-9,14-15H. The molecule has 0 atom stereocenters. The number of rotatable bonds is 3. The molecule has 0 saturated carbocycles. The summed E-state index contributed by atoms with van der Waals surface area (Å²) in [6.07, 6.45) is 0. The van der Waals surface area contributed by atoms with Crippen molar-refractivity contribution in [2.75, 3.05) is 10.9 Å². The van der Waals surface area contributed by atoms with E-state index in [2.05, 4.69) is 5.32 Å². The number of nitrogens with one attached hydrogen (secondary N) is 2. The smallest absolute Gasteiger partial charge is 0.0657 e. The van der Waals surface area contributed by atoms with Gasteiger partial charge in [-0.1, -0.05) is 18.2 Å². The van der Waals surface area contributed by atoms with Crippen molar-refractivity contribution < 1.29 is 4.48 Å². The summed E-state index contributed by atoms with van der Waals surface area (Å²) in [5.74, 6) is 0. The number of hydrogen-bond donors (Lipinski definition) is 2. The second kappa shape index (κ2) is 4.46.